The molecule has 49 heavy (non-hydrogen) atoms. The highest BCUT2D eigenvalue weighted by Crippen LogP contribution is 2.39. The predicted molar refractivity (Wildman–Crippen MR) is 184 cm³/mol. The number of nitrogens with zero attached hydrogens (tertiary/aromatic N) is 2. The maximum Gasteiger partial charge on any atom is 0.338 e. The molecule has 4 aromatic carbocycles. The second kappa shape index (κ2) is 14.6. The van der Waals surface area contributed by atoms with Crippen molar-refractivity contribution in [2.75, 3.05) is 27.9 Å². The van der Waals surface area contributed by atoms with Gasteiger partial charge in [-0.3, -0.25) is 9.36 Å². The van der Waals surface area contributed by atoms with Crippen LogP contribution in [0.25, 0.3) is 11.8 Å². The van der Waals surface area contributed by atoms with Gasteiger partial charge < -0.3 is 23.7 Å². The van der Waals surface area contributed by atoms with Gasteiger partial charge in [-0.15, -0.1) is 0 Å². The van der Waals surface area contributed by atoms with Crippen molar-refractivity contribution in [1.82, 2.24) is 4.57 Å². The van der Waals surface area contributed by atoms with E-state index < -0.39 is 17.8 Å². The fraction of sp³-hybridized carbons (Fsp3) is 0.184. The normalized spacial score (nSPS) is 14.1. The largest absolute Gasteiger partial charge is 0.493 e. The smallest absolute Gasteiger partial charge is 0.338 e. The van der Waals surface area contributed by atoms with E-state index in [1.54, 1.807) is 67.6 Å². The molecular formula is C38H33FN2O7S. The third kappa shape index (κ3) is 6.57. The van der Waals surface area contributed by atoms with Gasteiger partial charge in [0.05, 0.1) is 49.8 Å². The summed E-state index contributed by atoms with van der Waals surface area (Å²) in [6, 6.07) is 25.3. The van der Waals surface area contributed by atoms with E-state index in [1.165, 1.54) is 43.3 Å². The zero-order valence-electron chi connectivity index (χ0n) is 27.3. The minimum atomic E-state index is -0.922. The van der Waals surface area contributed by atoms with Gasteiger partial charge in [0.25, 0.3) is 5.56 Å². The Labute approximate surface area is 285 Å². The van der Waals surface area contributed by atoms with E-state index in [9.17, 15) is 14.0 Å². The van der Waals surface area contributed by atoms with Crippen LogP contribution in [0.2, 0.25) is 0 Å². The van der Waals surface area contributed by atoms with Crippen molar-refractivity contribution in [2.24, 2.45) is 4.99 Å². The van der Waals surface area contributed by atoms with Gasteiger partial charge in [0, 0.05) is 16.7 Å². The Kier molecular flexibility index (Phi) is 9.91. The molecule has 9 nitrogen and oxygen atoms in total. The maximum absolute atomic E-state index is 14.5. The molecule has 0 radical (unpaired) electrons. The number of esters is 1. The molecule has 0 spiro atoms. The molecule has 5 aromatic rings. The number of thiazole rings is 1. The van der Waals surface area contributed by atoms with Gasteiger partial charge in [-0.1, -0.05) is 78.1 Å². The van der Waals surface area contributed by atoms with Crippen molar-refractivity contribution in [2.45, 2.75) is 19.6 Å². The predicted octanol–water partition coefficient (Wildman–Crippen LogP) is 5.68. The van der Waals surface area contributed by atoms with Gasteiger partial charge in [-0.2, -0.15) is 0 Å². The first kappa shape index (κ1) is 33.2. The van der Waals surface area contributed by atoms with Gasteiger partial charge >= 0.3 is 5.97 Å². The third-order valence-corrected chi connectivity index (χ3v) is 8.93. The lowest BCUT2D eigenvalue weighted by molar-refractivity contribution is -0.138. The molecule has 250 valence electrons. The molecule has 1 aromatic heterocycles. The highest BCUT2D eigenvalue weighted by atomic mass is 32.1. The number of ether oxygens (including phenoxy) is 5. The molecule has 1 aliphatic rings. The first-order valence-electron chi connectivity index (χ1n) is 15.4. The summed E-state index contributed by atoms with van der Waals surface area (Å²) in [5.41, 5.74) is 2.39. The van der Waals surface area contributed by atoms with Crippen LogP contribution >= 0.6 is 11.3 Å². The molecule has 0 bridgehead atoms. The SMILES string of the molecule is CCOC(=O)C1=C(c2ccccc2)N=c2s/c(=C\c3cccc(OC)c3OCc3ccccc3F)c(=O)n2[C@H]1c1ccc(OC)c(OC)c1. The van der Waals surface area contributed by atoms with E-state index in [1.807, 2.05) is 30.3 Å². The van der Waals surface area contributed by atoms with Crippen LogP contribution in [-0.4, -0.2) is 38.5 Å². The third-order valence-electron chi connectivity index (χ3n) is 7.94. The minimum Gasteiger partial charge on any atom is -0.493 e. The second-order valence-electron chi connectivity index (χ2n) is 10.8. The zero-order chi connectivity index (χ0) is 34.5. The number of para-hydroxylation sites is 1. The highest BCUT2D eigenvalue weighted by molar-refractivity contribution is 7.07. The first-order valence-corrected chi connectivity index (χ1v) is 16.2. The van der Waals surface area contributed by atoms with Crippen LogP contribution in [0, 0.1) is 5.82 Å². The molecule has 0 saturated carbocycles. The number of hydrogen-bond donors (Lipinski definition) is 0. The molecule has 1 atom stereocenters. The van der Waals surface area contributed by atoms with Crippen LogP contribution < -0.4 is 33.8 Å². The van der Waals surface area contributed by atoms with Crippen LogP contribution in [0.4, 0.5) is 4.39 Å². The summed E-state index contributed by atoms with van der Waals surface area (Å²) in [6.07, 6.45) is 1.69. The molecule has 0 fully saturated rings. The van der Waals surface area contributed by atoms with E-state index in [2.05, 4.69) is 0 Å². The Balaban J connectivity index is 1.58. The van der Waals surface area contributed by atoms with E-state index in [0.717, 1.165) is 0 Å². The van der Waals surface area contributed by atoms with E-state index in [0.29, 0.717) is 60.3 Å². The van der Waals surface area contributed by atoms with Gasteiger partial charge in [0.2, 0.25) is 0 Å². The van der Waals surface area contributed by atoms with Crippen molar-refractivity contribution < 1.29 is 32.9 Å². The molecule has 6 rings (SSSR count). The number of carbonyl (C=O) groups excluding carboxylic acids is 1. The maximum atomic E-state index is 14.5. The van der Waals surface area contributed by atoms with Crippen LogP contribution in [0.15, 0.2) is 106 Å². The Hall–Kier alpha value is -5.68. The lowest BCUT2D eigenvalue weighted by Gasteiger charge is -2.26. The molecule has 1 aliphatic heterocycles. The second-order valence-corrected chi connectivity index (χ2v) is 11.8. The number of rotatable bonds is 11. The fourth-order valence-corrected chi connectivity index (χ4v) is 6.64. The Morgan fingerprint density at radius 2 is 1.63 bits per heavy atom. The van der Waals surface area contributed by atoms with Crippen molar-refractivity contribution in [1.29, 1.82) is 0 Å². The number of fused-ring (bicyclic) bond motifs is 1. The minimum absolute atomic E-state index is 0.0578. The van der Waals surface area contributed by atoms with E-state index in [-0.39, 0.29) is 24.3 Å². The quantitative estimate of drug-likeness (QED) is 0.166. The molecule has 0 aliphatic carbocycles. The van der Waals surface area contributed by atoms with Gasteiger partial charge in [0.1, 0.15) is 12.4 Å². The van der Waals surface area contributed by atoms with Crippen LogP contribution in [0.1, 0.15) is 35.2 Å². The Morgan fingerprint density at radius 3 is 2.35 bits per heavy atom. The fourth-order valence-electron chi connectivity index (χ4n) is 5.65. The van der Waals surface area contributed by atoms with Crippen molar-refractivity contribution in [3.63, 3.8) is 0 Å². The average molecular weight is 681 g/mol. The number of hydrogen-bond acceptors (Lipinski definition) is 9. The molecule has 0 saturated heterocycles. The number of aromatic nitrogens is 1. The summed E-state index contributed by atoms with van der Waals surface area (Å²) in [7, 11) is 4.56. The topological polar surface area (TPSA) is 97.6 Å². The molecule has 0 unspecified atom stereocenters. The summed E-state index contributed by atoms with van der Waals surface area (Å²) >= 11 is 1.17. The van der Waals surface area contributed by atoms with Gasteiger partial charge in [-0.25, -0.2) is 14.2 Å². The molecule has 11 heteroatoms. The summed E-state index contributed by atoms with van der Waals surface area (Å²) < 4.78 is 44.6. The monoisotopic (exact) mass is 680 g/mol. The highest BCUT2D eigenvalue weighted by Gasteiger charge is 2.35. The standard InChI is InChI=1S/C38H33FN2O7S/c1-5-47-37(43)32-33(23-12-7-6-8-13-23)40-38-41(34(32)24-18-19-28(44-2)30(20-24)46-4)36(42)31(49-38)21-25-15-11-17-29(45-3)35(25)48-22-26-14-9-10-16-27(26)39/h6-21,34H,5,22H2,1-4H3/b31-21-/t34-/m0/s1. The molecule has 0 N–H and O–H groups in total. The van der Waals surface area contributed by atoms with Crippen molar-refractivity contribution in [3.8, 4) is 23.0 Å². The van der Waals surface area contributed by atoms with Crippen LogP contribution in [0.5, 0.6) is 23.0 Å². The number of benzene rings is 4. The van der Waals surface area contributed by atoms with Crippen molar-refractivity contribution >= 4 is 29.1 Å². The summed E-state index contributed by atoms with van der Waals surface area (Å²) in [4.78, 5) is 33.6. The number of methoxy groups -OCH3 is 3. The Bertz CT molecular complexity index is 2230. The first-order chi connectivity index (χ1) is 23.9. The summed E-state index contributed by atoms with van der Waals surface area (Å²) in [5.74, 6) is 0.677. The average Bonchev–Trinajstić information content (AvgIpc) is 3.44. The lowest BCUT2D eigenvalue weighted by Crippen LogP contribution is -2.40. The van der Waals surface area contributed by atoms with E-state index in [4.69, 9.17) is 28.7 Å². The number of halogens is 1. The molecular weight excluding hydrogens is 647 g/mol. The molecule has 2 heterocycles. The van der Waals surface area contributed by atoms with Crippen molar-refractivity contribution in [3.05, 3.63) is 144 Å². The van der Waals surface area contributed by atoms with E-state index >= 15 is 0 Å². The van der Waals surface area contributed by atoms with Crippen LogP contribution in [0.3, 0.4) is 0 Å². The summed E-state index contributed by atoms with van der Waals surface area (Å²) in [5, 5.41) is 0. The zero-order valence-corrected chi connectivity index (χ0v) is 28.1. The summed E-state index contributed by atoms with van der Waals surface area (Å²) in [6.45, 7) is 1.79. The number of carbonyl (C=O) groups is 1. The molecule has 0 amide bonds. The van der Waals surface area contributed by atoms with Gasteiger partial charge in [-0.05, 0) is 42.8 Å². The lowest BCUT2D eigenvalue weighted by atomic mass is 9.93. The van der Waals surface area contributed by atoms with Gasteiger partial charge in [0.15, 0.2) is 27.8 Å². The van der Waals surface area contributed by atoms with Crippen LogP contribution in [-0.2, 0) is 16.1 Å². The Morgan fingerprint density at radius 1 is 0.898 bits per heavy atom.